The van der Waals surface area contributed by atoms with Gasteiger partial charge in [0.1, 0.15) is 6.07 Å². The van der Waals surface area contributed by atoms with E-state index in [-0.39, 0.29) is 0 Å². The monoisotopic (exact) mass is 358 g/mol. The summed E-state index contributed by atoms with van der Waals surface area (Å²) in [6.45, 7) is 6.48. The van der Waals surface area contributed by atoms with Crippen LogP contribution in [0.1, 0.15) is 16.8 Å². The molecule has 5 nitrogen and oxygen atoms in total. The fraction of sp³-hybridized carbons (Fsp3) is 0.273. The maximum atomic E-state index is 9.52. The third kappa shape index (κ3) is 3.71. The van der Waals surface area contributed by atoms with Crippen LogP contribution in [0.3, 0.4) is 0 Å². The lowest BCUT2D eigenvalue weighted by atomic mass is 10.1. The van der Waals surface area contributed by atoms with Crippen LogP contribution in [0.25, 0.3) is 11.5 Å². The molecule has 0 saturated carbocycles. The second-order valence-corrected chi connectivity index (χ2v) is 6.85. The van der Waals surface area contributed by atoms with Crippen molar-refractivity contribution in [3.05, 3.63) is 71.4 Å². The summed E-state index contributed by atoms with van der Waals surface area (Å²) in [5, 5.41) is 9.52. The normalized spacial score (nSPS) is 14.9. The number of hydrogen-bond donors (Lipinski definition) is 0. The second-order valence-electron chi connectivity index (χ2n) is 6.85. The van der Waals surface area contributed by atoms with E-state index in [4.69, 9.17) is 4.42 Å². The number of nitrogens with zero attached hydrogens (tertiary/aromatic N) is 4. The minimum atomic E-state index is 0.366. The molecule has 136 valence electrons. The van der Waals surface area contributed by atoms with Gasteiger partial charge in [-0.1, -0.05) is 48.5 Å². The standard InChI is InChI=1S/C22H22N4O/c1-17-7-5-6-10-19(17)21-24-20(15-23)22(27-21)26-13-11-25(12-14-26)16-18-8-3-2-4-9-18/h2-10H,11-14,16H2,1H3. The summed E-state index contributed by atoms with van der Waals surface area (Å²) in [4.78, 5) is 9.00. The van der Waals surface area contributed by atoms with Crippen LogP contribution in [0.5, 0.6) is 0 Å². The SMILES string of the molecule is Cc1ccccc1-c1nc(C#N)c(N2CCN(Cc3ccccc3)CC2)o1. The molecule has 1 fully saturated rings. The van der Waals surface area contributed by atoms with Gasteiger partial charge in [-0.3, -0.25) is 4.90 Å². The van der Waals surface area contributed by atoms with Crippen LogP contribution in [-0.2, 0) is 6.54 Å². The number of piperazine rings is 1. The molecule has 4 rings (SSSR count). The fourth-order valence-corrected chi connectivity index (χ4v) is 3.48. The number of aromatic nitrogens is 1. The largest absolute Gasteiger partial charge is 0.419 e. The molecule has 0 spiro atoms. The molecule has 0 aliphatic carbocycles. The maximum absolute atomic E-state index is 9.52. The number of aryl methyl sites for hydroxylation is 1. The van der Waals surface area contributed by atoms with E-state index < -0.39 is 0 Å². The summed E-state index contributed by atoms with van der Waals surface area (Å²) >= 11 is 0. The van der Waals surface area contributed by atoms with Gasteiger partial charge in [0.15, 0.2) is 0 Å². The van der Waals surface area contributed by atoms with E-state index in [1.807, 2.05) is 37.3 Å². The smallest absolute Gasteiger partial charge is 0.235 e. The number of benzene rings is 2. The van der Waals surface area contributed by atoms with Crippen molar-refractivity contribution in [3.8, 4) is 17.5 Å². The van der Waals surface area contributed by atoms with Gasteiger partial charge in [-0.15, -0.1) is 0 Å². The van der Waals surface area contributed by atoms with Gasteiger partial charge in [-0.2, -0.15) is 10.2 Å². The Kier molecular flexibility index (Phi) is 4.91. The predicted octanol–water partition coefficient (Wildman–Crippen LogP) is 3.84. The molecule has 3 aromatic rings. The van der Waals surface area contributed by atoms with Crippen molar-refractivity contribution >= 4 is 5.88 Å². The second kappa shape index (κ2) is 7.65. The van der Waals surface area contributed by atoms with Gasteiger partial charge in [0, 0.05) is 38.3 Å². The molecule has 0 N–H and O–H groups in total. The minimum Gasteiger partial charge on any atom is -0.419 e. The van der Waals surface area contributed by atoms with Crippen LogP contribution in [0.15, 0.2) is 59.0 Å². The van der Waals surface area contributed by atoms with Gasteiger partial charge in [0.25, 0.3) is 0 Å². The van der Waals surface area contributed by atoms with Gasteiger partial charge in [0.2, 0.25) is 17.5 Å². The van der Waals surface area contributed by atoms with Crippen LogP contribution >= 0.6 is 0 Å². The zero-order chi connectivity index (χ0) is 18.6. The molecular weight excluding hydrogens is 336 g/mol. The Morgan fingerprint density at radius 3 is 2.41 bits per heavy atom. The van der Waals surface area contributed by atoms with Crippen molar-refractivity contribution in [3.63, 3.8) is 0 Å². The summed E-state index contributed by atoms with van der Waals surface area (Å²) in [5.74, 6) is 1.11. The molecule has 1 aromatic heterocycles. The Hall–Kier alpha value is -3.10. The van der Waals surface area contributed by atoms with Crippen LogP contribution in [0.2, 0.25) is 0 Å². The van der Waals surface area contributed by atoms with Crippen molar-refractivity contribution in [2.45, 2.75) is 13.5 Å². The summed E-state index contributed by atoms with van der Waals surface area (Å²) in [6.07, 6.45) is 0. The first-order valence-corrected chi connectivity index (χ1v) is 9.23. The highest BCUT2D eigenvalue weighted by molar-refractivity contribution is 5.62. The van der Waals surface area contributed by atoms with Crippen molar-refractivity contribution in [1.29, 1.82) is 5.26 Å². The van der Waals surface area contributed by atoms with Crippen molar-refractivity contribution in [1.82, 2.24) is 9.88 Å². The van der Waals surface area contributed by atoms with Gasteiger partial charge >= 0.3 is 0 Å². The highest BCUT2D eigenvalue weighted by Crippen LogP contribution is 2.30. The topological polar surface area (TPSA) is 56.3 Å². The number of hydrogen-bond acceptors (Lipinski definition) is 5. The van der Waals surface area contributed by atoms with Crippen LogP contribution in [0, 0.1) is 18.3 Å². The molecule has 2 heterocycles. The van der Waals surface area contributed by atoms with Gasteiger partial charge < -0.3 is 9.32 Å². The minimum absolute atomic E-state index is 0.366. The lowest BCUT2D eigenvalue weighted by Gasteiger charge is -2.34. The zero-order valence-corrected chi connectivity index (χ0v) is 15.4. The molecule has 0 atom stereocenters. The third-order valence-corrected chi connectivity index (χ3v) is 5.00. The molecule has 2 aromatic carbocycles. The highest BCUT2D eigenvalue weighted by atomic mass is 16.4. The maximum Gasteiger partial charge on any atom is 0.235 e. The van der Waals surface area contributed by atoms with Crippen molar-refractivity contribution < 1.29 is 4.42 Å². The molecule has 1 saturated heterocycles. The van der Waals surface area contributed by atoms with E-state index in [0.29, 0.717) is 17.5 Å². The summed E-state index contributed by atoms with van der Waals surface area (Å²) in [7, 11) is 0. The highest BCUT2D eigenvalue weighted by Gasteiger charge is 2.25. The van der Waals surface area contributed by atoms with Crippen LogP contribution in [0.4, 0.5) is 5.88 Å². The number of rotatable bonds is 4. The van der Waals surface area contributed by atoms with Crippen LogP contribution < -0.4 is 4.90 Å². The number of oxazole rings is 1. The van der Waals surface area contributed by atoms with Gasteiger partial charge in [0.05, 0.1) is 0 Å². The van der Waals surface area contributed by atoms with Gasteiger partial charge in [-0.05, 0) is 24.1 Å². The van der Waals surface area contributed by atoms with Crippen LogP contribution in [-0.4, -0.2) is 36.1 Å². The van der Waals surface area contributed by atoms with E-state index in [1.165, 1.54) is 5.56 Å². The Bertz CT molecular complexity index is 950. The molecule has 1 aliphatic heterocycles. The molecule has 0 unspecified atom stereocenters. The summed E-state index contributed by atoms with van der Waals surface area (Å²) in [5.41, 5.74) is 3.71. The van der Waals surface area contributed by atoms with Crippen molar-refractivity contribution in [2.24, 2.45) is 0 Å². The molecule has 0 bridgehead atoms. The first-order valence-electron chi connectivity index (χ1n) is 9.23. The third-order valence-electron chi connectivity index (χ3n) is 5.00. The Morgan fingerprint density at radius 2 is 1.70 bits per heavy atom. The molecule has 27 heavy (non-hydrogen) atoms. The predicted molar refractivity (Wildman–Crippen MR) is 105 cm³/mol. The van der Waals surface area contributed by atoms with E-state index in [1.54, 1.807) is 0 Å². The van der Waals surface area contributed by atoms with E-state index >= 15 is 0 Å². The molecule has 0 amide bonds. The average Bonchev–Trinajstić information content (AvgIpc) is 3.14. The molecule has 1 aliphatic rings. The fourth-order valence-electron chi connectivity index (χ4n) is 3.48. The first-order chi connectivity index (χ1) is 13.2. The average molecular weight is 358 g/mol. The Balaban J connectivity index is 1.48. The quantitative estimate of drug-likeness (QED) is 0.709. The van der Waals surface area contributed by atoms with E-state index in [9.17, 15) is 5.26 Å². The van der Waals surface area contributed by atoms with E-state index in [0.717, 1.165) is 43.9 Å². The number of anilines is 1. The lowest BCUT2D eigenvalue weighted by molar-refractivity contribution is 0.246. The first kappa shape index (κ1) is 17.3. The Morgan fingerprint density at radius 1 is 1.00 bits per heavy atom. The van der Waals surface area contributed by atoms with Gasteiger partial charge in [-0.25, -0.2) is 0 Å². The number of nitriles is 1. The summed E-state index contributed by atoms with van der Waals surface area (Å²) in [6, 6.07) is 20.6. The Labute approximate surface area is 159 Å². The molecule has 0 radical (unpaired) electrons. The summed E-state index contributed by atoms with van der Waals surface area (Å²) < 4.78 is 6.04. The zero-order valence-electron chi connectivity index (χ0n) is 15.4. The van der Waals surface area contributed by atoms with Crippen molar-refractivity contribution in [2.75, 3.05) is 31.1 Å². The molecular formula is C22H22N4O. The van der Waals surface area contributed by atoms with E-state index in [2.05, 4.69) is 45.1 Å². The molecule has 5 heteroatoms. The lowest BCUT2D eigenvalue weighted by Crippen LogP contribution is -2.46.